The SMILES string of the molecule is COc1cc(C2CCN(C(=O)O)CC2)ccc1-c1cc(N)n[nH]1. The zero-order valence-corrected chi connectivity index (χ0v) is 13.0. The third-order valence-electron chi connectivity index (χ3n) is 4.35. The number of hydrogen-bond acceptors (Lipinski definition) is 4. The highest BCUT2D eigenvalue weighted by Gasteiger charge is 2.24. The summed E-state index contributed by atoms with van der Waals surface area (Å²) in [4.78, 5) is 12.5. The predicted octanol–water partition coefficient (Wildman–Crippen LogP) is 2.52. The van der Waals surface area contributed by atoms with Gasteiger partial charge in [-0.1, -0.05) is 6.07 Å². The van der Waals surface area contributed by atoms with E-state index in [0.29, 0.717) is 24.8 Å². The fourth-order valence-corrected chi connectivity index (χ4v) is 3.06. The van der Waals surface area contributed by atoms with E-state index in [2.05, 4.69) is 16.3 Å². The second-order valence-corrected chi connectivity index (χ2v) is 5.71. The number of carbonyl (C=O) groups is 1. The van der Waals surface area contributed by atoms with Crippen molar-refractivity contribution >= 4 is 11.9 Å². The van der Waals surface area contributed by atoms with Gasteiger partial charge in [0.05, 0.1) is 12.8 Å². The summed E-state index contributed by atoms with van der Waals surface area (Å²) in [6.45, 7) is 1.14. The van der Waals surface area contributed by atoms with Crippen molar-refractivity contribution in [2.75, 3.05) is 25.9 Å². The van der Waals surface area contributed by atoms with Crippen LogP contribution in [0.25, 0.3) is 11.3 Å². The van der Waals surface area contributed by atoms with Crippen LogP contribution in [0.15, 0.2) is 24.3 Å². The number of amides is 1. The van der Waals surface area contributed by atoms with Crippen molar-refractivity contribution in [1.82, 2.24) is 15.1 Å². The highest BCUT2D eigenvalue weighted by atomic mass is 16.5. The molecule has 1 aromatic carbocycles. The molecule has 1 aliphatic heterocycles. The molecule has 0 saturated carbocycles. The van der Waals surface area contributed by atoms with Crippen LogP contribution >= 0.6 is 0 Å². The first-order valence-corrected chi connectivity index (χ1v) is 7.55. The zero-order chi connectivity index (χ0) is 16.4. The molecule has 1 aliphatic rings. The minimum absolute atomic E-state index is 0.348. The average molecular weight is 316 g/mol. The van der Waals surface area contributed by atoms with Crippen molar-refractivity contribution in [2.24, 2.45) is 0 Å². The van der Waals surface area contributed by atoms with Gasteiger partial charge in [-0.3, -0.25) is 5.10 Å². The van der Waals surface area contributed by atoms with Gasteiger partial charge in [0.2, 0.25) is 0 Å². The zero-order valence-electron chi connectivity index (χ0n) is 13.0. The largest absolute Gasteiger partial charge is 0.496 e. The summed E-state index contributed by atoms with van der Waals surface area (Å²) in [6.07, 6.45) is 0.811. The quantitative estimate of drug-likeness (QED) is 0.807. The highest BCUT2D eigenvalue weighted by Crippen LogP contribution is 2.35. The van der Waals surface area contributed by atoms with Crippen LogP contribution in [-0.4, -0.2) is 46.5 Å². The lowest BCUT2D eigenvalue weighted by Gasteiger charge is -2.30. The van der Waals surface area contributed by atoms with Crippen molar-refractivity contribution in [3.8, 4) is 17.0 Å². The Morgan fingerprint density at radius 1 is 1.39 bits per heavy atom. The number of anilines is 1. The van der Waals surface area contributed by atoms with Crippen LogP contribution in [0.5, 0.6) is 5.75 Å². The normalized spacial score (nSPS) is 15.6. The van der Waals surface area contributed by atoms with Gasteiger partial charge in [0, 0.05) is 24.7 Å². The molecule has 0 atom stereocenters. The van der Waals surface area contributed by atoms with E-state index in [4.69, 9.17) is 15.6 Å². The Bertz CT molecular complexity index is 705. The first-order chi connectivity index (χ1) is 11.1. The fraction of sp³-hybridized carbons (Fsp3) is 0.375. The van der Waals surface area contributed by atoms with E-state index in [1.54, 1.807) is 13.2 Å². The Kier molecular flexibility index (Phi) is 4.10. The summed E-state index contributed by atoms with van der Waals surface area (Å²) in [6, 6.07) is 7.84. The molecule has 0 bridgehead atoms. The molecule has 2 aromatic rings. The molecule has 1 fully saturated rings. The number of piperidine rings is 1. The number of methoxy groups -OCH3 is 1. The number of ether oxygens (including phenoxy) is 1. The molecule has 4 N–H and O–H groups in total. The second-order valence-electron chi connectivity index (χ2n) is 5.71. The number of nitrogens with zero attached hydrogens (tertiary/aromatic N) is 2. The van der Waals surface area contributed by atoms with Crippen molar-refractivity contribution in [1.29, 1.82) is 0 Å². The number of likely N-dealkylation sites (tertiary alicyclic amines) is 1. The van der Waals surface area contributed by atoms with Crippen molar-refractivity contribution in [2.45, 2.75) is 18.8 Å². The van der Waals surface area contributed by atoms with Crippen molar-refractivity contribution in [3.63, 3.8) is 0 Å². The molecular weight excluding hydrogens is 296 g/mol. The Labute approximate surface area is 134 Å². The first-order valence-electron chi connectivity index (χ1n) is 7.55. The van der Waals surface area contributed by atoms with Gasteiger partial charge in [0.1, 0.15) is 11.6 Å². The number of benzene rings is 1. The molecule has 7 heteroatoms. The van der Waals surface area contributed by atoms with E-state index >= 15 is 0 Å². The monoisotopic (exact) mass is 316 g/mol. The van der Waals surface area contributed by atoms with E-state index in [1.807, 2.05) is 12.1 Å². The van der Waals surface area contributed by atoms with Crippen LogP contribution in [0.3, 0.4) is 0 Å². The third-order valence-corrected chi connectivity index (χ3v) is 4.35. The van der Waals surface area contributed by atoms with E-state index in [1.165, 1.54) is 10.5 Å². The van der Waals surface area contributed by atoms with Crippen LogP contribution < -0.4 is 10.5 Å². The van der Waals surface area contributed by atoms with Crippen LogP contribution in [-0.2, 0) is 0 Å². The summed E-state index contributed by atoms with van der Waals surface area (Å²) in [5.41, 5.74) is 8.54. The molecule has 3 rings (SSSR count). The molecule has 0 unspecified atom stereocenters. The Balaban J connectivity index is 1.81. The molecule has 0 aliphatic carbocycles. The van der Waals surface area contributed by atoms with Gasteiger partial charge in [-0.2, -0.15) is 5.10 Å². The van der Waals surface area contributed by atoms with Crippen LogP contribution in [0.4, 0.5) is 10.6 Å². The molecule has 23 heavy (non-hydrogen) atoms. The van der Waals surface area contributed by atoms with Gasteiger partial charge in [0.25, 0.3) is 0 Å². The maximum atomic E-state index is 11.0. The molecule has 122 valence electrons. The fourth-order valence-electron chi connectivity index (χ4n) is 3.06. The molecule has 0 radical (unpaired) electrons. The Morgan fingerprint density at radius 3 is 2.70 bits per heavy atom. The van der Waals surface area contributed by atoms with Gasteiger partial charge in [0.15, 0.2) is 0 Å². The topological polar surface area (TPSA) is 104 Å². The maximum absolute atomic E-state index is 11.0. The standard InChI is InChI=1S/C16H20N4O3/c1-23-14-8-11(10-4-6-20(7-5-10)16(21)22)2-3-12(14)13-9-15(17)19-18-13/h2-3,8-10H,4-7H2,1H3,(H,21,22)(H3,17,18,19). The number of aromatic amines is 1. The van der Waals surface area contributed by atoms with Crippen molar-refractivity contribution < 1.29 is 14.6 Å². The lowest BCUT2D eigenvalue weighted by Crippen LogP contribution is -2.36. The minimum atomic E-state index is -0.840. The van der Waals surface area contributed by atoms with E-state index in [-0.39, 0.29) is 0 Å². The first kappa shape index (κ1) is 15.2. The smallest absolute Gasteiger partial charge is 0.407 e. The highest BCUT2D eigenvalue weighted by molar-refractivity contribution is 5.69. The van der Waals surface area contributed by atoms with Crippen LogP contribution in [0.1, 0.15) is 24.3 Å². The maximum Gasteiger partial charge on any atom is 0.407 e. The molecule has 1 aromatic heterocycles. The number of carboxylic acid groups (broad SMARTS) is 1. The van der Waals surface area contributed by atoms with Gasteiger partial charge in [-0.05, 0) is 36.5 Å². The number of nitrogen functional groups attached to an aromatic ring is 1. The molecular formula is C16H20N4O3. The van der Waals surface area contributed by atoms with E-state index < -0.39 is 6.09 Å². The number of nitrogens with two attached hydrogens (primary N) is 1. The van der Waals surface area contributed by atoms with E-state index in [0.717, 1.165) is 29.8 Å². The lowest BCUT2D eigenvalue weighted by molar-refractivity contribution is 0.132. The molecule has 1 amide bonds. The van der Waals surface area contributed by atoms with Gasteiger partial charge >= 0.3 is 6.09 Å². The predicted molar refractivity (Wildman–Crippen MR) is 86.6 cm³/mol. The number of H-pyrrole nitrogens is 1. The van der Waals surface area contributed by atoms with Crippen LogP contribution in [0.2, 0.25) is 0 Å². The minimum Gasteiger partial charge on any atom is -0.496 e. The molecule has 7 nitrogen and oxygen atoms in total. The van der Waals surface area contributed by atoms with Gasteiger partial charge in [-0.25, -0.2) is 4.79 Å². The number of nitrogens with one attached hydrogen (secondary N) is 1. The Hall–Kier alpha value is -2.70. The third kappa shape index (κ3) is 3.08. The average Bonchev–Trinajstić information content (AvgIpc) is 3.00. The van der Waals surface area contributed by atoms with Gasteiger partial charge in [-0.15, -0.1) is 0 Å². The van der Waals surface area contributed by atoms with Crippen molar-refractivity contribution in [3.05, 3.63) is 29.8 Å². The van der Waals surface area contributed by atoms with E-state index in [9.17, 15) is 4.79 Å². The number of aromatic nitrogens is 2. The summed E-state index contributed by atoms with van der Waals surface area (Å²) in [5.74, 6) is 1.54. The summed E-state index contributed by atoms with van der Waals surface area (Å²) in [5, 5.41) is 15.9. The number of rotatable bonds is 3. The molecule has 1 saturated heterocycles. The second kappa shape index (κ2) is 6.20. The van der Waals surface area contributed by atoms with Crippen LogP contribution in [0, 0.1) is 0 Å². The number of hydrogen-bond donors (Lipinski definition) is 3. The summed E-state index contributed by atoms with van der Waals surface area (Å²) in [7, 11) is 1.63. The lowest BCUT2D eigenvalue weighted by atomic mass is 9.88. The summed E-state index contributed by atoms with van der Waals surface area (Å²) >= 11 is 0. The summed E-state index contributed by atoms with van der Waals surface area (Å²) < 4.78 is 5.51. The molecule has 0 spiro atoms. The Morgan fingerprint density at radius 2 is 2.13 bits per heavy atom. The van der Waals surface area contributed by atoms with Gasteiger partial charge < -0.3 is 20.5 Å². The molecule has 2 heterocycles.